The van der Waals surface area contributed by atoms with Crippen molar-refractivity contribution in [2.75, 3.05) is 13.2 Å². The summed E-state index contributed by atoms with van der Waals surface area (Å²) >= 11 is 0. The summed E-state index contributed by atoms with van der Waals surface area (Å²) in [5.74, 6) is -0.446. The second-order valence-electron chi connectivity index (χ2n) is 3.60. The standard InChI is InChI=1S/C13H15NO5/c1-2-19-13(15)8-10-18-9-7-11-3-5-12(6-4-11)14(16)17/h3-6,8,10H,2,7,9H2,1H3/b10-8+. The Kier molecular flexibility index (Phi) is 6.08. The van der Waals surface area contributed by atoms with Gasteiger partial charge in [0.2, 0.25) is 0 Å². The molecule has 0 aliphatic rings. The van der Waals surface area contributed by atoms with E-state index in [1.165, 1.54) is 24.5 Å². The molecule has 0 bridgehead atoms. The number of esters is 1. The summed E-state index contributed by atoms with van der Waals surface area (Å²) in [5.41, 5.74) is 0.988. The van der Waals surface area contributed by atoms with E-state index in [2.05, 4.69) is 4.74 Å². The van der Waals surface area contributed by atoms with Crippen LogP contribution in [0.25, 0.3) is 0 Å². The van der Waals surface area contributed by atoms with Crippen LogP contribution in [0.5, 0.6) is 0 Å². The fourth-order valence-electron chi connectivity index (χ4n) is 1.32. The molecule has 0 radical (unpaired) electrons. The number of benzene rings is 1. The number of carbonyl (C=O) groups is 1. The van der Waals surface area contributed by atoms with Gasteiger partial charge in [0.15, 0.2) is 0 Å². The Morgan fingerprint density at radius 3 is 2.63 bits per heavy atom. The maximum absolute atomic E-state index is 10.9. The van der Waals surface area contributed by atoms with Crippen LogP contribution < -0.4 is 0 Å². The van der Waals surface area contributed by atoms with E-state index < -0.39 is 10.9 Å². The summed E-state index contributed by atoms with van der Waals surface area (Å²) in [6.07, 6.45) is 3.09. The number of ether oxygens (including phenoxy) is 2. The van der Waals surface area contributed by atoms with Gasteiger partial charge in [0, 0.05) is 18.6 Å². The normalized spacial score (nSPS) is 10.4. The first-order valence-electron chi connectivity index (χ1n) is 5.81. The van der Waals surface area contributed by atoms with Crippen molar-refractivity contribution in [2.24, 2.45) is 0 Å². The number of rotatable bonds is 7. The Morgan fingerprint density at radius 2 is 2.05 bits per heavy atom. The van der Waals surface area contributed by atoms with Gasteiger partial charge in [-0.3, -0.25) is 10.1 Å². The molecule has 0 saturated heterocycles. The van der Waals surface area contributed by atoms with E-state index in [1.807, 2.05) is 0 Å². The van der Waals surface area contributed by atoms with Crippen molar-refractivity contribution < 1.29 is 19.2 Å². The maximum Gasteiger partial charge on any atom is 0.333 e. The molecule has 1 rings (SSSR count). The van der Waals surface area contributed by atoms with E-state index in [1.54, 1.807) is 19.1 Å². The van der Waals surface area contributed by atoms with Crippen LogP contribution in [0.3, 0.4) is 0 Å². The average molecular weight is 265 g/mol. The van der Waals surface area contributed by atoms with Crippen LogP contribution in [0.1, 0.15) is 12.5 Å². The summed E-state index contributed by atoms with van der Waals surface area (Å²) in [5, 5.41) is 10.5. The largest absolute Gasteiger partial charge is 0.501 e. The molecule has 0 N–H and O–H groups in total. The molecule has 0 saturated carbocycles. The monoisotopic (exact) mass is 265 g/mol. The van der Waals surface area contributed by atoms with Gasteiger partial charge in [-0.2, -0.15) is 0 Å². The third-order valence-corrected chi connectivity index (χ3v) is 2.24. The van der Waals surface area contributed by atoms with Crippen molar-refractivity contribution in [1.29, 1.82) is 0 Å². The predicted molar refractivity (Wildman–Crippen MR) is 68.5 cm³/mol. The molecule has 6 nitrogen and oxygen atoms in total. The van der Waals surface area contributed by atoms with Gasteiger partial charge in [-0.05, 0) is 12.5 Å². The Labute approximate surface area is 110 Å². The third kappa shape index (κ3) is 5.67. The average Bonchev–Trinajstić information content (AvgIpc) is 2.39. The van der Waals surface area contributed by atoms with E-state index in [9.17, 15) is 14.9 Å². The Balaban J connectivity index is 2.29. The van der Waals surface area contributed by atoms with Gasteiger partial charge in [-0.1, -0.05) is 12.1 Å². The summed E-state index contributed by atoms with van der Waals surface area (Å²) < 4.78 is 9.79. The van der Waals surface area contributed by atoms with Gasteiger partial charge in [0.1, 0.15) is 0 Å². The fraction of sp³-hybridized carbons (Fsp3) is 0.308. The van der Waals surface area contributed by atoms with Crippen molar-refractivity contribution in [2.45, 2.75) is 13.3 Å². The van der Waals surface area contributed by atoms with Crippen LogP contribution >= 0.6 is 0 Å². The number of non-ortho nitro benzene ring substituents is 1. The molecule has 0 spiro atoms. The summed E-state index contributed by atoms with van der Waals surface area (Å²) in [6, 6.07) is 6.25. The van der Waals surface area contributed by atoms with Crippen molar-refractivity contribution in [3.05, 3.63) is 52.3 Å². The van der Waals surface area contributed by atoms with Crippen LogP contribution in [-0.4, -0.2) is 24.1 Å². The van der Waals surface area contributed by atoms with Crippen LogP contribution in [0.15, 0.2) is 36.6 Å². The Morgan fingerprint density at radius 1 is 1.37 bits per heavy atom. The molecule has 19 heavy (non-hydrogen) atoms. The zero-order valence-electron chi connectivity index (χ0n) is 10.6. The van der Waals surface area contributed by atoms with Gasteiger partial charge in [-0.25, -0.2) is 4.79 Å². The number of hydrogen-bond acceptors (Lipinski definition) is 5. The number of nitro benzene ring substituents is 1. The highest BCUT2D eigenvalue weighted by Crippen LogP contribution is 2.12. The minimum atomic E-state index is -0.446. The molecule has 0 aromatic heterocycles. The van der Waals surface area contributed by atoms with Crippen LogP contribution in [0, 0.1) is 10.1 Å². The summed E-state index contributed by atoms with van der Waals surface area (Å²) in [7, 11) is 0. The first-order chi connectivity index (χ1) is 9.13. The van der Waals surface area contributed by atoms with Crippen molar-refractivity contribution >= 4 is 11.7 Å². The smallest absolute Gasteiger partial charge is 0.333 e. The first-order valence-corrected chi connectivity index (χ1v) is 5.81. The van der Waals surface area contributed by atoms with Crippen LogP contribution in [0.2, 0.25) is 0 Å². The van der Waals surface area contributed by atoms with E-state index in [-0.39, 0.29) is 5.69 Å². The zero-order chi connectivity index (χ0) is 14.1. The summed E-state index contributed by atoms with van der Waals surface area (Å²) in [6.45, 7) is 2.43. The van der Waals surface area contributed by atoms with Gasteiger partial charge in [-0.15, -0.1) is 0 Å². The lowest BCUT2D eigenvalue weighted by Crippen LogP contribution is -2.00. The highest BCUT2D eigenvalue weighted by molar-refractivity contribution is 5.81. The molecule has 0 unspecified atom stereocenters. The molecule has 1 aromatic carbocycles. The Hall–Kier alpha value is -2.37. The van der Waals surface area contributed by atoms with E-state index in [0.29, 0.717) is 19.6 Å². The van der Waals surface area contributed by atoms with Crippen molar-refractivity contribution in [3.8, 4) is 0 Å². The third-order valence-electron chi connectivity index (χ3n) is 2.24. The highest BCUT2D eigenvalue weighted by atomic mass is 16.6. The lowest BCUT2D eigenvalue weighted by atomic mass is 10.1. The molecular formula is C13H15NO5. The van der Waals surface area contributed by atoms with E-state index >= 15 is 0 Å². The first kappa shape index (κ1) is 14.7. The van der Waals surface area contributed by atoms with Crippen LogP contribution in [0.4, 0.5) is 5.69 Å². The van der Waals surface area contributed by atoms with Gasteiger partial charge >= 0.3 is 5.97 Å². The van der Waals surface area contributed by atoms with Gasteiger partial charge in [0.25, 0.3) is 5.69 Å². The number of carbonyl (C=O) groups excluding carboxylic acids is 1. The lowest BCUT2D eigenvalue weighted by molar-refractivity contribution is -0.384. The van der Waals surface area contributed by atoms with Crippen LogP contribution in [-0.2, 0) is 20.7 Å². The minimum absolute atomic E-state index is 0.0619. The highest BCUT2D eigenvalue weighted by Gasteiger charge is 2.03. The quantitative estimate of drug-likeness (QED) is 0.189. The van der Waals surface area contributed by atoms with Gasteiger partial charge < -0.3 is 9.47 Å². The van der Waals surface area contributed by atoms with Crippen molar-refractivity contribution in [1.82, 2.24) is 0 Å². The molecule has 0 atom stereocenters. The topological polar surface area (TPSA) is 78.7 Å². The molecule has 0 amide bonds. The molecule has 0 fully saturated rings. The Bertz CT molecular complexity index is 453. The second kappa shape index (κ2) is 7.86. The SMILES string of the molecule is CCOC(=O)/C=C/OCCc1ccc([N+](=O)[O-])cc1. The molecule has 102 valence electrons. The number of nitrogens with zero attached hydrogens (tertiary/aromatic N) is 1. The van der Waals surface area contributed by atoms with Gasteiger partial charge in [0.05, 0.1) is 30.5 Å². The summed E-state index contributed by atoms with van der Waals surface area (Å²) in [4.78, 5) is 20.9. The minimum Gasteiger partial charge on any atom is -0.501 e. The molecular weight excluding hydrogens is 250 g/mol. The molecule has 0 heterocycles. The molecule has 0 aliphatic heterocycles. The zero-order valence-corrected chi connectivity index (χ0v) is 10.6. The lowest BCUT2D eigenvalue weighted by Gasteiger charge is -2.01. The fourth-order valence-corrected chi connectivity index (χ4v) is 1.32. The predicted octanol–water partition coefficient (Wildman–Crippen LogP) is 2.23. The molecule has 6 heteroatoms. The van der Waals surface area contributed by atoms with E-state index in [4.69, 9.17) is 4.74 Å². The van der Waals surface area contributed by atoms with Crippen molar-refractivity contribution in [3.63, 3.8) is 0 Å². The number of nitro groups is 1. The maximum atomic E-state index is 10.9. The number of hydrogen-bond donors (Lipinski definition) is 0. The molecule has 0 aliphatic carbocycles. The van der Waals surface area contributed by atoms with E-state index in [0.717, 1.165) is 5.56 Å². The second-order valence-corrected chi connectivity index (χ2v) is 3.60. The molecule has 1 aromatic rings.